The number of para-hydroxylation sites is 2. The number of nitrogens with zero attached hydrogens (tertiary/aromatic N) is 2. The highest BCUT2D eigenvalue weighted by atomic mass is 19.1. The second-order valence-corrected chi connectivity index (χ2v) is 4.89. The van der Waals surface area contributed by atoms with Crippen molar-refractivity contribution in [1.29, 1.82) is 0 Å². The SMILES string of the molecule is COc1ccc(C(N)Cn2cnc3ccccc32)cc1F. The molecule has 5 heteroatoms. The van der Waals surface area contributed by atoms with E-state index in [1.54, 1.807) is 18.5 Å². The molecule has 0 radical (unpaired) electrons. The topological polar surface area (TPSA) is 53.1 Å². The summed E-state index contributed by atoms with van der Waals surface area (Å²) in [7, 11) is 1.44. The molecule has 3 rings (SSSR count). The molecule has 0 saturated heterocycles. The van der Waals surface area contributed by atoms with Gasteiger partial charge in [-0.3, -0.25) is 0 Å². The second-order valence-electron chi connectivity index (χ2n) is 4.89. The van der Waals surface area contributed by atoms with Gasteiger partial charge in [-0.05, 0) is 29.8 Å². The first-order valence-corrected chi connectivity index (χ1v) is 6.68. The molecule has 0 aliphatic carbocycles. The number of nitrogens with two attached hydrogens (primary N) is 1. The van der Waals surface area contributed by atoms with E-state index < -0.39 is 5.82 Å². The van der Waals surface area contributed by atoms with E-state index in [9.17, 15) is 4.39 Å². The molecule has 0 amide bonds. The maximum absolute atomic E-state index is 13.7. The van der Waals surface area contributed by atoms with Crippen molar-refractivity contribution in [3.05, 3.63) is 60.2 Å². The first-order chi connectivity index (χ1) is 10.2. The van der Waals surface area contributed by atoms with Gasteiger partial charge in [-0.15, -0.1) is 0 Å². The minimum atomic E-state index is -0.402. The number of aromatic nitrogens is 2. The fourth-order valence-corrected chi connectivity index (χ4v) is 2.39. The Bertz CT molecular complexity index is 769. The normalized spacial score (nSPS) is 12.5. The van der Waals surface area contributed by atoms with Crippen LogP contribution in [0.4, 0.5) is 4.39 Å². The summed E-state index contributed by atoms with van der Waals surface area (Å²) in [6, 6.07) is 12.3. The number of ether oxygens (including phenoxy) is 1. The van der Waals surface area contributed by atoms with E-state index in [-0.39, 0.29) is 11.8 Å². The summed E-state index contributed by atoms with van der Waals surface area (Å²) in [5.41, 5.74) is 8.85. The highest BCUT2D eigenvalue weighted by Crippen LogP contribution is 2.22. The fraction of sp³-hybridized carbons (Fsp3) is 0.188. The van der Waals surface area contributed by atoms with Crippen molar-refractivity contribution in [3.8, 4) is 5.75 Å². The van der Waals surface area contributed by atoms with Gasteiger partial charge in [0.1, 0.15) is 0 Å². The lowest BCUT2D eigenvalue weighted by Gasteiger charge is -2.14. The number of rotatable bonds is 4. The van der Waals surface area contributed by atoms with E-state index in [2.05, 4.69) is 4.98 Å². The minimum absolute atomic E-state index is 0.221. The lowest BCUT2D eigenvalue weighted by atomic mass is 10.1. The molecular formula is C16H16FN3O. The molecule has 0 spiro atoms. The van der Waals surface area contributed by atoms with Gasteiger partial charge in [0.05, 0.1) is 24.5 Å². The summed E-state index contributed by atoms with van der Waals surface area (Å²) in [4.78, 5) is 4.32. The van der Waals surface area contributed by atoms with Crippen molar-refractivity contribution in [3.63, 3.8) is 0 Å². The van der Waals surface area contributed by atoms with Gasteiger partial charge in [-0.1, -0.05) is 18.2 Å². The Balaban J connectivity index is 1.86. The van der Waals surface area contributed by atoms with Crippen LogP contribution in [0.25, 0.3) is 11.0 Å². The molecule has 0 aliphatic rings. The molecule has 108 valence electrons. The van der Waals surface area contributed by atoms with E-state index in [4.69, 9.17) is 10.5 Å². The van der Waals surface area contributed by atoms with Crippen LogP contribution in [0.5, 0.6) is 5.75 Å². The van der Waals surface area contributed by atoms with Gasteiger partial charge in [-0.2, -0.15) is 0 Å². The number of halogens is 1. The highest BCUT2D eigenvalue weighted by molar-refractivity contribution is 5.74. The number of imidazole rings is 1. The maximum Gasteiger partial charge on any atom is 0.165 e. The standard InChI is InChI=1S/C16H16FN3O/c1-21-16-7-6-11(8-12(16)17)13(18)9-20-10-19-14-4-2-3-5-15(14)20/h2-8,10,13H,9,18H2,1H3. The van der Waals surface area contributed by atoms with Gasteiger partial charge in [-0.25, -0.2) is 9.37 Å². The average Bonchev–Trinajstić information content (AvgIpc) is 2.90. The zero-order chi connectivity index (χ0) is 14.8. The molecule has 0 fully saturated rings. The van der Waals surface area contributed by atoms with Crippen LogP contribution in [0.1, 0.15) is 11.6 Å². The molecule has 1 unspecified atom stereocenters. The lowest BCUT2D eigenvalue weighted by Crippen LogP contribution is -2.17. The third-order valence-corrected chi connectivity index (χ3v) is 3.52. The molecule has 1 aromatic heterocycles. The molecule has 2 N–H and O–H groups in total. The zero-order valence-electron chi connectivity index (χ0n) is 11.7. The molecule has 1 heterocycles. The van der Waals surface area contributed by atoms with Gasteiger partial charge in [0, 0.05) is 12.6 Å². The highest BCUT2D eigenvalue weighted by Gasteiger charge is 2.12. The minimum Gasteiger partial charge on any atom is -0.494 e. The number of hydrogen-bond donors (Lipinski definition) is 1. The van der Waals surface area contributed by atoms with Gasteiger partial charge in [0.15, 0.2) is 11.6 Å². The number of benzene rings is 2. The van der Waals surface area contributed by atoms with E-state index >= 15 is 0 Å². The molecule has 0 saturated carbocycles. The van der Waals surface area contributed by atoms with E-state index in [1.807, 2.05) is 28.8 Å². The summed E-state index contributed by atoms with van der Waals surface area (Å²) < 4.78 is 20.6. The Kier molecular flexibility index (Phi) is 3.58. The van der Waals surface area contributed by atoms with Crippen molar-refractivity contribution in [2.45, 2.75) is 12.6 Å². The van der Waals surface area contributed by atoms with Gasteiger partial charge in [0.2, 0.25) is 0 Å². The summed E-state index contributed by atoms with van der Waals surface area (Å²) in [6.07, 6.45) is 1.75. The van der Waals surface area contributed by atoms with Crippen LogP contribution in [0.3, 0.4) is 0 Å². The smallest absolute Gasteiger partial charge is 0.165 e. The van der Waals surface area contributed by atoms with Crippen molar-refractivity contribution >= 4 is 11.0 Å². The quantitative estimate of drug-likeness (QED) is 0.802. The maximum atomic E-state index is 13.7. The Morgan fingerprint density at radius 3 is 2.86 bits per heavy atom. The molecule has 3 aromatic rings. The van der Waals surface area contributed by atoms with E-state index in [1.165, 1.54) is 13.2 Å². The fourth-order valence-electron chi connectivity index (χ4n) is 2.39. The Labute approximate surface area is 122 Å². The van der Waals surface area contributed by atoms with E-state index in [0.29, 0.717) is 6.54 Å². The van der Waals surface area contributed by atoms with Crippen molar-refractivity contribution in [2.75, 3.05) is 7.11 Å². The molecule has 21 heavy (non-hydrogen) atoms. The van der Waals surface area contributed by atoms with Crippen LogP contribution in [-0.2, 0) is 6.54 Å². The molecule has 2 aromatic carbocycles. The Morgan fingerprint density at radius 2 is 2.10 bits per heavy atom. The molecule has 1 atom stereocenters. The van der Waals surface area contributed by atoms with Crippen molar-refractivity contribution in [1.82, 2.24) is 9.55 Å². The predicted octanol–water partition coefficient (Wildman–Crippen LogP) is 2.88. The van der Waals surface area contributed by atoms with Gasteiger partial charge >= 0.3 is 0 Å². The summed E-state index contributed by atoms with van der Waals surface area (Å²) >= 11 is 0. The summed E-state index contributed by atoms with van der Waals surface area (Å²) in [5, 5.41) is 0. The predicted molar refractivity (Wildman–Crippen MR) is 79.6 cm³/mol. The van der Waals surface area contributed by atoms with Crippen LogP contribution in [0.15, 0.2) is 48.8 Å². The largest absolute Gasteiger partial charge is 0.494 e. The Hall–Kier alpha value is -2.40. The molecular weight excluding hydrogens is 269 g/mol. The van der Waals surface area contributed by atoms with Crippen LogP contribution in [0.2, 0.25) is 0 Å². The molecule has 4 nitrogen and oxygen atoms in total. The van der Waals surface area contributed by atoms with Crippen LogP contribution in [0, 0.1) is 5.82 Å². The third kappa shape index (κ3) is 2.60. The third-order valence-electron chi connectivity index (χ3n) is 3.52. The van der Waals surface area contributed by atoms with Gasteiger partial charge in [0.25, 0.3) is 0 Å². The van der Waals surface area contributed by atoms with Crippen LogP contribution in [-0.4, -0.2) is 16.7 Å². The molecule has 0 aliphatic heterocycles. The van der Waals surface area contributed by atoms with Crippen molar-refractivity contribution in [2.24, 2.45) is 5.73 Å². The zero-order valence-corrected chi connectivity index (χ0v) is 11.7. The monoisotopic (exact) mass is 285 g/mol. The number of hydrogen-bond acceptors (Lipinski definition) is 3. The summed E-state index contributed by atoms with van der Waals surface area (Å²) in [5.74, 6) is -0.181. The summed E-state index contributed by atoms with van der Waals surface area (Å²) in [6.45, 7) is 0.534. The number of fused-ring (bicyclic) bond motifs is 1. The Morgan fingerprint density at radius 1 is 1.29 bits per heavy atom. The lowest BCUT2D eigenvalue weighted by molar-refractivity contribution is 0.385. The first kappa shape index (κ1) is 13.6. The van der Waals surface area contributed by atoms with E-state index in [0.717, 1.165) is 16.6 Å². The molecule has 0 bridgehead atoms. The average molecular weight is 285 g/mol. The van der Waals surface area contributed by atoms with Crippen LogP contribution < -0.4 is 10.5 Å². The van der Waals surface area contributed by atoms with Gasteiger partial charge < -0.3 is 15.0 Å². The first-order valence-electron chi connectivity index (χ1n) is 6.68. The van der Waals surface area contributed by atoms with Crippen molar-refractivity contribution < 1.29 is 9.13 Å². The van der Waals surface area contributed by atoms with Crippen LogP contribution >= 0.6 is 0 Å². The second kappa shape index (κ2) is 5.54. The number of methoxy groups -OCH3 is 1.